The monoisotopic (exact) mass is 363 g/mol. The molecule has 2 N–H and O–H groups in total. The Morgan fingerprint density at radius 2 is 2.11 bits per heavy atom. The topological polar surface area (TPSA) is 85.5 Å². The first-order valence-corrected chi connectivity index (χ1v) is 8.52. The summed E-state index contributed by atoms with van der Waals surface area (Å²) in [5.74, 6) is 7.86. The van der Waals surface area contributed by atoms with Gasteiger partial charge in [-0.1, -0.05) is 12.8 Å². The van der Waals surface area contributed by atoms with Gasteiger partial charge in [0.05, 0.1) is 5.52 Å². The number of fused-ring (bicyclic) bond motifs is 2. The molecule has 0 aliphatic carbocycles. The second-order valence-electron chi connectivity index (χ2n) is 5.80. The molecule has 0 unspecified atom stereocenters. The highest BCUT2D eigenvalue weighted by Crippen LogP contribution is 2.33. The Hall–Kier alpha value is -3.66. The average Bonchev–Trinajstić information content (AvgIpc) is 3.31. The predicted octanol–water partition coefficient (Wildman–Crippen LogP) is 3.34. The molecule has 0 bridgehead atoms. The van der Waals surface area contributed by atoms with Crippen LogP contribution in [0.1, 0.15) is 23.7 Å². The third-order valence-corrected chi connectivity index (χ3v) is 4.01. The van der Waals surface area contributed by atoms with Crippen LogP contribution in [0.15, 0.2) is 36.4 Å². The molecule has 0 saturated carbocycles. The van der Waals surface area contributed by atoms with Gasteiger partial charge in [0.1, 0.15) is 12.4 Å². The van der Waals surface area contributed by atoms with Crippen molar-refractivity contribution in [1.29, 1.82) is 0 Å². The number of nitrogens with zero attached hydrogens (tertiary/aromatic N) is 1. The Kier molecular flexibility index (Phi) is 4.54. The fourth-order valence-corrected chi connectivity index (χ4v) is 2.69. The first kappa shape index (κ1) is 16.8. The summed E-state index contributed by atoms with van der Waals surface area (Å²) in [4.78, 5) is 12.6. The number of hydrogen-bond donors (Lipinski definition) is 2. The number of aromatic nitrogens is 2. The smallest absolute Gasteiger partial charge is 0.257 e. The molecular weight excluding hydrogens is 346 g/mol. The summed E-state index contributed by atoms with van der Waals surface area (Å²) >= 11 is 0. The van der Waals surface area contributed by atoms with E-state index in [9.17, 15) is 4.79 Å². The Balaban J connectivity index is 1.53. The number of carbonyl (C=O) groups is 1. The van der Waals surface area contributed by atoms with Crippen molar-refractivity contribution in [3.63, 3.8) is 0 Å². The number of aromatic amines is 1. The minimum atomic E-state index is -0.290. The van der Waals surface area contributed by atoms with Crippen LogP contribution in [-0.2, 0) is 0 Å². The molecule has 136 valence electrons. The Labute approximate surface area is 155 Å². The molecule has 0 radical (unpaired) electrons. The summed E-state index contributed by atoms with van der Waals surface area (Å²) in [7, 11) is 0. The number of carbonyl (C=O) groups excluding carboxylic acids is 1. The quantitative estimate of drug-likeness (QED) is 0.695. The molecule has 0 atom stereocenters. The van der Waals surface area contributed by atoms with E-state index < -0.39 is 0 Å². The summed E-state index contributed by atoms with van der Waals surface area (Å²) in [6.45, 7) is 2.46. The molecule has 4 rings (SSSR count). The average molecular weight is 363 g/mol. The molecule has 0 fully saturated rings. The molecule has 27 heavy (non-hydrogen) atoms. The lowest BCUT2D eigenvalue weighted by Gasteiger charge is -2.05. The van der Waals surface area contributed by atoms with E-state index in [4.69, 9.17) is 14.2 Å². The van der Waals surface area contributed by atoms with Crippen molar-refractivity contribution in [3.05, 3.63) is 42.0 Å². The van der Waals surface area contributed by atoms with Crippen LogP contribution < -0.4 is 19.5 Å². The summed E-state index contributed by atoms with van der Waals surface area (Å²) in [5, 5.41) is 10.7. The van der Waals surface area contributed by atoms with Crippen molar-refractivity contribution in [2.24, 2.45) is 0 Å². The van der Waals surface area contributed by atoms with Gasteiger partial charge in [0.15, 0.2) is 17.3 Å². The predicted molar refractivity (Wildman–Crippen MR) is 100 cm³/mol. The van der Waals surface area contributed by atoms with Crippen LogP contribution in [0.25, 0.3) is 10.9 Å². The number of rotatable bonds is 4. The van der Waals surface area contributed by atoms with E-state index in [1.807, 2.05) is 25.1 Å². The second kappa shape index (κ2) is 7.30. The maximum atomic E-state index is 12.6. The van der Waals surface area contributed by atoms with Gasteiger partial charge in [-0.05, 0) is 36.4 Å². The van der Waals surface area contributed by atoms with Gasteiger partial charge < -0.3 is 19.5 Å². The Bertz CT molecular complexity index is 1060. The molecular formula is C20H17N3O4. The molecule has 1 aliphatic heterocycles. The molecule has 1 aliphatic rings. The van der Waals surface area contributed by atoms with Gasteiger partial charge >= 0.3 is 0 Å². The van der Waals surface area contributed by atoms with Crippen LogP contribution >= 0.6 is 0 Å². The van der Waals surface area contributed by atoms with Crippen molar-refractivity contribution in [3.8, 4) is 29.1 Å². The van der Waals surface area contributed by atoms with E-state index in [1.54, 1.807) is 18.2 Å². The lowest BCUT2D eigenvalue weighted by Crippen LogP contribution is -2.12. The van der Waals surface area contributed by atoms with Crippen LogP contribution in [0.4, 0.5) is 5.82 Å². The third-order valence-electron chi connectivity index (χ3n) is 4.01. The maximum Gasteiger partial charge on any atom is 0.257 e. The SMILES string of the molecule is CCC#CCOc1ccc2[nH]nc(NC(=O)c3ccc4c(c3)OCO4)c2c1. The Morgan fingerprint density at radius 1 is 1.22 bits per heavy atom. The Morgan fingerprint density at radius 3 is 3.00 bits per heavy atom. The minimum absolute atomic E-state index is 0.163. The van der Waals surface area contributed by atoms with Crippen LogP contribution in [0, 0.1) is 11.8 Å². The molecule has 7 heteroatoms. The highest BCUT2D eigenvalue weighted by Gasteiger charge is 2.17. The highest BCUT2D eigenvalue weighted by molar-refractivity contribution is 6.08. The maximum absolute atomic E-state index is 12.6. The zero-order chi connectivity index (χ0) is 18.6. The third kappa shape index (κ3) is 3.51. The fraction of sp³-hybridized carbons (Fsp3) is 0.200. The zero-order valence-electron chi connectivity index (χ0n) is 14.7. The van der Waals surface area contributed by atoms with Gasteiger partial charge in [0.25, 0.3) is 5.91 Å². The molecule has 3 aromatic rings. The van der Waals surface area contributed by atoms with Gasteiger partial charge in [0.2, 0.25) is 6.79 Å². The molecule has 7 nitrogen and oxygen atoms in total. The van der Waals surface area contributed by atoms with Crippen LogP contribution in [-0.4, -0.2) is 29.5 Å². The van der Waals surface area contributed by atoms with Crippen LogP contribution in [0.3, 0.4) is 0 Å². The number of amides is 1. The van der Waals surface area contributed by atoms with Crippen LogP contribution in [0.5, 0.6) is 17.2 Å². The normalized spacial score (nSPS) is 11.7. The summed E-state index contributed by atoms with van der Waals surface area (Å²) in [6.07, 6.45) is 0.792. The van der Waals surface area contributed by atoms with Gasteiger partial charge in [-0.15, -0.1) is 5.92 Å². The van der Waals surface area contributed by atoms with Crippen molar-refractivity contribution in [2.75, 3.05) is 18.7 Å². The number of anilines is 1. The van der Waals surface area contributed by atoms with E-state index in [-0.39, 0.29) is 12.7 Å². The molecule has 2 aromatic carbocycles. The number of benzene rings is 2. The molecule has 2 heterocycles. The van der Waals surface area contributed by atoms with E-state index in [0.717, 1.165) is 17.3 Å². The van der Waals surface area contributed by atoms with E-state index in [2.05, 4.69) is 27.4 Å². The lowest BCUT2D eigenvalue weighted by molar-refractivity contribution is 0.102. The molecule has 1 aromatic heterocycles. The van der Waals surface area contributed by atoms with E-state index in [0.29, 0.717) is 35.2 Å². The highest BCUT2D eigenvalue weighted by atomic mass is 16.7. The van der Waals surface area contributed by atoms with Crippen molar-refractivity contribution in [1.82, 2.24) is 10.2 Å². The van der Waals surface area contributed by atoms with Crippen molar-refractivity contribution in [2.45, 2.75) is 13.3 Å². The zero-order valence-corrected chi connectivity index (χ0v) is 14.7. The molecule has 1 amide bonds. The summed E-state index contributed by atoms with van der Waals surface area (Å²) in [6, 6.07) is 10.5. The van der Waals surface area contributed by atoms with E-state index >= 15 is 0 Å². The fourth-order valence-electron chi connectivity index (χ4n) is 2.69. The lowest BCUT2D eigenvalue weighted by atomic mass is 10.2. The first-order chi connectivity index (χ1) is 13.2. The van der Waals surface area contributed by atoms with Gasteiger partial charge in [0, 0.05) is 17.4 Å². The summed E-state index contributed by atoms with van der Waals surface area (Å²) in [5.41, 5.74) is 1.25. The van der Waals surface area contributed by atoms with Crippen molar-refractivity contribution >= 4 is 22.6 Å². The number of nitrogens with one attached hydrogen (secondary N) is 2. The second-order valence-corrected chi connectivity index (χ2v) is 5.80. The minimum Gasteiger partial charge on any atom is -0.481 e. The van der Waals surface area contributed by atoms with Gasteiger partial charge in [-0.2, -0.15) is 5.10 Å². The largest absolute Gasteiger partial charge is 0.481 e. The first-order valence-electron chi connectivity index (χ1n) is 8.52. The molecule has 0 saturated heterocycles. The van der Waals surface area contributed by atoms with Crippen molar-refractivity contribution < 1.29 is 19.0 Å². The standard InChI is InChI=1S/C20H17N3O4/c1-2-3-4-9-25-14-6-7-16-15(11-14)19(23-22-16)21-20(24)13-5-8-17-18(10-13)27-12-26-17/h5-8,10-11H,2,9,12H2,1H3,(H2,21,22,23,24). The van der Waals surface area contributed by atoms with E-state index in [1.165, 1.54) is 0 Å². The summed E-state index contributed by atoms with van der Waals surface area (Å²) < 4.78 is 16.2. The molecule has 0 spiro atoms. The number of H-pyrrole nitrogens is 1. The van der Waals surface area contributed by atoms with Crippen LogP contribution in [0.2, 0.25) is 0 Å². The number of hydrogen-bond acceptors (Lipinski definition) is 5. The van der Waals surface area contributed by atoms with Gasteiger partial charge in [-0.25, -0.2) is 0 Å². The number of ether oxygens (including phenoxy) is 3. The van der Waals surface area contributed by atoms with Gasteiger partial charge in [-0.3, -0.25) is 9.89 Å².